The van der Waals surface area contributed by atoms with Gasteiger partial charge in [0.15, 0.2) is 0 Å². The Morgan fingerprint density at radius 1 is 1.26 bits per heavy atom. The fourth-order valence-electron chi connectivity index (χ4n) is 2.16. The minimum atomic E-state index is -0.995. The van der Waals surface area contributed by atoms with Gasteiger partial charge in [-0.05, 0) is 36.2 Å². The fourth-order valence-corrected chi connectivity index (χ4v) is 2.16. The van der Waals surface area contributed by atoms with Gasteiger partial charge < -0.3 is 10.8 Å². The highest BCUT2D eigenvalue weighted by Crippen LogP contribution is 2.21. The van der Waals surface area contributed by atoms with E-state index in [1.165, 1.54) is 12.1 Å². The molecule has 4 heteroatoms. The highest BCUT2D eigenvalue weighted by atomic mass is 19.1. The average Bonchev–Trinajstić information content (AvgIpc) is 2.31. The summed E-state index contributed by atoms with van der Waals surface area (Å²) in [6.07, 6.45) is 2.35. The molecule has 19 heavy (non-hydrogen) atoms. The summed E-state index contributed by atoms with van der Waals surface area (Å²) in [6.45, 7) is 1.71. The van der Waals surface area contributed by atoms with Crippen LogP contribution in [0.25, 0.3) is 0 Å². The zero-order valence-corrected chi connectivity index (χ0v) is 10.8. The number of anilines is 1. The maximum Gasteiger partial charge on any atom is 0.126 e. The van der Waals surface area contributed by atoms with Gasteiger partial charge in [-0.15, -0.1) is 0 Å². The van der Waals surface area contributed by atoms with Crippen LogP contribution in [0.3, 0.4) is 0 Å². The van der Waals surface area contributed by atoms with E-state index in [2.05, 4.69) is 4.98 Å². The third-order valence-electron chi connectivity index (χ3n) is 2.97. The van der Waals surface area contributed by atoms with Crippen molar-refractivity contribution in [2.75, 3.05) is 5.73 Å². The van der Waals surface area contributed by atoms with Crippen molar-refractivity contribution in [3.63, 3.8) is 0 Å². The molecule has 0 amide bonds. The Morgan fingerprint density at radius 3 is 2.74 bits per heavy atom. The lowest BCUT2D eigenvalue weighted by Gasteiger charge is -2.24. The quantitative estimate of drug-likeness (QED) is 0.887. The summed E-state index contributed by atoms with van der Waals surface area (Å²) in [5.41, 5.74) is 6.32. The third-order valence-corrected chi connectivity index (χ3v) is 2.97. The molecule has 3 nitrogen and oxygen atoms in total. The molecule has 2 aromatic rings. The lowest BCUT2D eigenvalue weighted by molar-refractivity contribution is 0.0608. The Balaban J connectivity index is 2.13. The van der Waals surface area contributed by atoms with E-state index in [-0.39, 0.29) is 5.82 Å². The molecule has 0 aliphatic rings. The minimum absolute atomic E-state index is 0.297. The summed E-state index contributed by atoms with van der Waals surface area (Å²) in [5, 5.41) is 10.4. The van der Waals surface area contributed by atoms with Gasteiger partial charge in [-0.3, -0.25) is 0 Å². The molecule has 1 aromatic carbocycles. The van der Waals surface area contributed by atoms with Gasteiger partial charge in [0.25, 0.3) is 0 Å². The number of hydrogen-bond donors (Lipinski definition) is 2. The number of aliphatic hydroxyl groups is 1. The number of nitrogens with two attached hydrogens (primary N) is 1. The van der Waals surface area contributed by atoms with Gasteiger partial charge in [-0.2, -0.15) is 0 Å². The normalized spacial score (nSPS) is 14.1. The highest BCUT2D eigenvalue weighted by molar-refractivity contribution is 5.39. The second kappa shape index (κ2) is 5.36. The first-order valence-electron chi connectivity index (χ1n) is 6.12. The van der Waals surface area contributed by atoms with E-state index in [1.54, 1.807) is 31.3 Å². The molecule has 1 heterocycles. The number of halogens is 1. The predicted molar refractivity (Wildman–Crippen MR) is 73.1 cm³/mol. The van der Waals surface area contributed by atoms with Gasteiger partial charge in [0.05, 0.1) is 5.60 Å². The Kier molecular flexibility index (Phi) is 3.81. The summed E-state index contributed by atoms with van der Waals surface area (Å²) in [4.78, 5) is 3.99. The maximum atomic E-state index is 13.1. The molecule has 0 aliphatic heterocycles. The van der Waals surface area contributed by atoms with Crippen LogP contribution >= 0.6 is 0 Å². The molecule has 0 spiro atoms. The van der Waals surface area contributed by atoms with Crippen molar-refractivity contribution in [1.29, 1.82) is 0 Å². The first kappa shape index (κ1) is 13.5. The van der Waals surface area contributed by atoms with Crippen LogP contribution in [-0.2, 0) is 12.8 Å². The van der Waals surface area contributed by atoms with Gasteiger partial charge in [0.1, 0.15) is 11.6 Å². The van der Waals surface area contributed by atoms with Crippen molar-refractivity contribution in [1.82, 2.24) is 4.98 Å². The number of aromatic nitrogens is 1. The second-order valence-electron chi connectivity index (χ2n) is 5.03. The average molecular weight is 260 g/mol. The van der Waals surface area contributed by atoms with Crippen LogP contribution in [0.1, 0.15) is 18.1 Å². The fraction of sp³-hybridized carbons (Fsp3) is 0.267. The van der Waals surface area contributed by atoms with Gasteiger partial charge in [-0.25, -0.2) is 9.37 Å². The van der Waals surface area contributed by atoms with Crippen molar-refractivity contribution >= 4 is 5.82 Å². The third kappa shape index (κ3) is 3.76. The largest absolute Gasteiger partial charge is 0.389 e. The zero-order valence-electron chi connectivity index (χ0n) is 10.8. The van der Waals surface area contributed by atoms with Crippen molar-refractivity contribution in [3.8, 4) is 0 Å². The van der Waals surface area contributed by atoms with Crippen molar-refractivity contribution < 1.29 is 9.50 Å². The Hall–Kier alpha value is -1.94. The number of rotatable bonds is 4. The van der Waals surface area contributed by atoms with Crippen LogP contribution in [0, 0.1) is 5.82 Å². The molecule has 0 aliphatic carbocycles. The first-order chi connectivity index (χ1) is 8.96. The van der Waals surface area contributed by atoms with E-state index in [0.29, 0.717) is 18.7 Å². The summed E-state index contributed by atoms with van der Waals surface area (Å²) in [6, 6.07) is 9.87. The number of hydrogen-bond acceptors (Lipinski definition) is 3. The molecule has 2 rings (SSSR count). The van der Waals surface area contributed by atoms with Crippen LogP contribution in [0.4, 0.5) is 10.2 Å². The molecule has 0 bridgehead atoms. The van der Waals surface area contributed by atoms with E-state index in [1.807, 2.05) is 6.07 Å². The molecule has 0 radical (unpaired) electrons. The molecule has 0 fully saturated rings. The first-order valence-corrected chi connectivity index (χ1v) is 6.12. The number of pyridine rings is 1. The highest BCUT2D eigenvalue weighted by Gasteiger charge is 2.23. The Morgan fingerprint density at radius 2 is 2.05 bits per heavy atom. The Labute approximate surface area is 111 Å². The van der Waals surface area contributed by atoms with E-state index >= 15 is 0 Å². The summed E-state index contributed by atoms with van der Waals surface area (Å²) < 4.78 is 13.1. The lowest BCUT2D eigenvalue weighted by Crippen LogP contribution is -2.30. The van der Waals surface area contributed by atoms with Crippen LogP contribution in [-0.4, -0.2) is 15.7 Å². The molecule has 1 atom stereocenters. The monoisotopic (exact) mass is 260 g/mol. The van der Waals surface area contributed by atoms with E-state index in [0.717, 1.165) is 11.1 Å². The molecule has 1 unspecified atom stereocenters. The summed E-state index contributed by atoms with van der Waals surface area (Å²) >= 11 is 0. The smallest absolute Gasteiger partial charge is 0.126 e. The van der Waals surface area contributed by atoms with E-state index in [9.17, 15) is 9.50 Å². The standard InChI is InChI=1S/C15H17FN2O/c1-15(19,9-11-4-2-6-13(16)8-11)10-12-5-3-7-18-14(12)17/h2-8,19H,9-10H2,1H3,(H2,17,18). The van der Waals surface area contributed by atoms with Gasteiger partial charge in [-0.1, -0.05) is 18.2 Å². The number of nitrogens with zero attached hydrogens (tertiary/aromatic N) is 1. The van der Waals surface area contributed by atoms with Crippen LogP contribution < -0.4 is 5.73 Å². The molecular weight excluding hydrogens is 243 g/mol. The van der Waals surface area contributed by atoms with Crippen LogP contribution in [0.15, 0.2) is 42.6 Å². The van der Waals surface area contributed by atoms with Crippen molar-refractivity contribution in [3.05, 3.63) is 59.5 Å². The molecule has 100 valence electrons. The molecule has 0 saturated heterocycles. The van der Waals surface area contributed by atoms with Crippen molar-refractivity contribution in [2.45, 2.75) is 25.4 Å². The van der Waals surface area contributed by atoms with Crippen LogP contribution in [0.5, 0.6) is 0 Å². The minimum Gasteiger partial charge on any atom is -0.389 e. The van der Waals surface area contributed by atoms with Gasteiger partial charge in [0.2, 0.25) is 0 Å². The Bertz CT molecular complexity index is 570. The summed E-state index contributed by atoms with van der Waals surface area (Å²) in [7, 11) is 0. The molecule has 3 N–H and O–H groups in total. The van der Waals surface area contributed by atoms with Gasteiger partial charge >= 0.3 is 0 Å². The second-order valence-corrected chi connectivity index (χ2v) is 5.03. The van der Waals surface area contributed by atoms with Crippen molar-refractivity contribution in [2.24, 2.45) is 0 Å². The van der Waals surface area contributed by atoms with Crippen LogP contribution in [0.2, 0.25) is 0 Å². The lowest BCUT2D eigenvalue weighted by atomic mass is 9.90. The molecule has 1 aromatic heterocycles. The predicted octanol–water partition coefficient (Wildman–Crippen LogP) is 2.34. The number of nitrogen functional groups attached to an aromatic ring is 1. The topological polar surface area (TPSA) is 59.1 Å². The van der Waals surface area contributed by atoms with E-state index < -0.39 is 5.60 Å². The SMILES string of the molecule is CC(O)(Cc1cccc(F)c1)Cc1cccnc1N. The van der Waals surface area contributed by atoms with E-state index in [4.69, 9.17) is 5.73 Å². The summed E-state index contributed by atoms with van der Waals surface area (Å²) in [5.74, 6) is 0.121. The zero-order chi connectivity index (χ0) is 13.9. The maximum absolute atomic E-state index is 13.1. The van der Waals surface area contributed by atoms with Gasteiger partial charge in [0, 0.05) is 19.0 Å². The molecule has 0 saturated carbocycles. The number of benzene rings is 1. The molecular formula is C15H17FN2O.